The van der Waals surface area contributed by atoms with Gasteiger partial charge in [0, 0.05) is 18.7 Å². The molecule has 0 radical (unpaired) electrons. The van der Waals surface area contributed by atoms with Gasteiger partial charge in [-0.2, -0.15) is 0 Å². The van der Waals surface area contributed by atoms with E-state index in [1.165, 1.54) is 6.92 Å². The summed E-state index contributed by atoms with van der Waals surface area (Å²) in [6.45, 7) is 1.91. The van der Waals surface area contributed by atoms with Crippen molar-refractivity contribution in [3.63, 3.8) is 0 Å². The average molecular weight is 154 g/mol. The fourth-order valence-electron chi connectivity index (χ4n) is 1.03. The van der Waals surface area contributed by atoms with E-state index in [2.05, 4.69) is 5.32 Å². The molecule has 1 rings (SSSR count). The van der Waals surface area contributed by atoms with Gasteiger partial charge in [-0.3, -0.25) is 4.79 Å². The predicted molar refractivity (Wildman–Crippen MR) is 40.7 cm³/mol. The minimum Gasteiger partial charge on any atom is -0.512 e. The smallest absolute Gasteiger partial charge is 0.256 e. The topological polar surface area (TPSA) is 73.2 Å². The van der Waals surface area contributed by atoms with E-state index in [9.17, 15) is 4.79 Å². The van der Waals surface area contributed by atoms with Gasteiger partial charge in [0.15, 0.2) is 0 Å². The molecule has 3 N–H and O–H groups in total. The second kappa shape index (κ2) is 2.74. The van der Waals surface area contributed by atoms with Gasteiger partial charge in [0.2, 0.25) is 0 Å². The van der Waals surface area contributed by atoms with Gasteiger partial charge in [-0.15, -0.1) is 0 Å². The van der Waals surface area contributed by atoms with Crippen molar-refractivity contribution < 1.29 is 9.90 Å². The minimum atomic E-state index is -0.346. The first-order valence-electron chi connectivity index (χ1n) is 3.38. The lowest BCUT2D eigenvalue weighted by Gasteiger charge is -2.16. The molecule has 1 fully saturated rings. The van der Waals surface area contributed by atoms with Crippen LogP contribution < -0.4 is 5.32 Å². The summed E-state index contributed by atoms with van der Waals surface area (Å²) in [6.07, 6.45) is 0.499. The number of aliphatic hydroxyl groups is 1. The van der Waals surface area contributed by atoms with Gasteiger partial charge in [-0.25, -0.2) is 0 Å². The van der Waals surface area contributed by atoms with Crippen LogP contribution in [-0.2, 0) is 4.79 Å². The Morgan fingerprint density at radius 2 is 2.36 bits per heavy atom. The Labute approximate surface area is 64.4 Å². The van der Waals surface area contributed by atoms with Crippen LogP contribution in [0.4, 0.5) is 0 Å². The third-order valence-corrected chi connectivity index (χ3v) is 1.55. The van der Waals surface area contributed by atoms with Crippen molar-refractivity contribution in [2.75, 3.05) is 6.54 Å². The summed E-state index contributed by atoms with van der Waals surface area (Å²) >= 11 is 0. The van der Waals surface area contributed by atoms with Crippen LogP contribution in [0, 0.1) is 5.41 Å². The first-order valence-corrected chi connectivity index (χ1v) is 3.38. The Hall–Kier alpha value is -1.32. The zero-order valence-corrected chi connectivity index (χ0v) is 6.27. The van der Waals surface area contributed by atoms with Crippen LogP contribution >= 0.6 is 0 Å². The molecule has 4 heteroatoms. The number of allylic oxidation sites excluding steroid dienone is 1. The minimum absolute atomic E-state index is 0.0767. The first kappa shape index (κ1) is 7.78. The maximum atomic E-state index is 11.0. The van der Waals surface area contributed by atoms with E-state index in [0.29, 0.717) is 13.0 Å². The highest BCUT2D eigenvalue weighted by Crippen LogP contribution is 2.09. The molecule has 0 bridgehead atoms. The SMILES string of the molecule is C/C(O)=C1/C(=N)CCNC1=O. The molecule has 1 aliphatic heterocycles. The molecule has 0 aromatic heterocycles. The summed E-state index contributed by atoms with van der Waals surface area (Å²) in [5.41, 5.74) is 0.338. The molecule has 0 atom stereocenters. The first-order chi connectivity index (χ1) is 5.13. The molecule has 4 nitrogen and oxygen atoms in total. The number of nitrogens with one attached hydrogen (secondary N) is 2. The molecular weight excluding hydrogens is 144 g/mol. The van der Waals surface area contributed by atoms with Crippen LogP contribution in [0.5, 0.6) is 0 Å². The molecule has 1 saturated heterocycles. The number of carbonyl (C=O) groups excluding carboxylic acids is 1. The van der Waals surface area contributed by atoms with Gasteiger partial charge in [0.05, 0.1) is 5.57 Å². The Bertz CT molecular complexity index is 221. The third kappa shape index (κ3) is 1.39. The second-order valence-electron chi connectivity index (χ2n) is 2.44. The van der Waals surface area contributed by atoms with E-state index in [0.717, 1.165) is 0 Å². The second-order valence-corrected chi connectivity index (χ2v) is 2.44. The Balaban J connectivity index is 2.98. The number of amides is 1. The van der Waals surface area contributed by atoms with Crippen molar-refractivity contribution in [3.05, 3.63) is 11.3 Å². The van der Waals surface area contributed by atoms with Crippen LogP contribution in [-0.4, -0.2) is 23.3 Å². The van der Waals surface area contributed by atoms with Crippen molar-refractivity contribution in [1.29, 1.82) is 5.41 Å². The molecule has 1 amide bonds. The van der Waals surface area contributed by atoms with Crippen LogP contribution in [0.15, 0.2) is 11.3 Å². The van der Waals surface area contributed by atoms with Crippen LogP contribution in [0.2, 0.25) is 0 Å². The summed E-state index contributed by atoms with van der Waals surface area (Å²) in [5.74, 6) is -0.423. The average Bonchev–Trinajstić information content (AvgIpc) is 1.85. The monoisotopic (exact) mass is 154 g/mol. The van der Waals surface area contributed by atoms with Crippen LogP contribution in [0.25, 0.3) is 0 Å². The third-order valence-electron chi connectivity index (χ3n) is 1.55. The lowest BCUT2D eigenvalue weighted by molar-refractivity contribution is -0.117. The number of hydrogen-bond donors (Lipinski definition) is 3. The Morgan fingerprint density at radius 1 is 1.73 bits per heavy atom. The molecule has 0 spiro atoms. The molecular formula is C7H10N2O2. The molecule has 1 aliphatic rings. The fraction of sp³-hybridized carbons (Fsp3) is 0.429. The molecule has 0 unspecified atom stereocenters. The normalized spacial score (nSPS) is 23.0. The van der Waals surface area contributed by atoms with E-state index in [4.69, 9.17) is 10.5 Å². The zero-order chi connectivity index (χ0) is 8.43. The van der Waals surface area contributed by atoms with E-state index >= 15 is 0 Å². The van der Waals surface area contributed by atoms with E-state index < -0.39 is 0 Å². The molecule has 11 heavy (non-hydrogen) atoms. The summed E-state index contributed by atoms with van der Waals surface area (Å²) in [4.78, 5) is 11.0. The Kier molecular flexibility index (Phi) is 1.94. The van der Waals surface area contributed by atoms with Crippen molar-refractivity contribution in [2.45, 2.75) is 13.3 Å². The van der Waals surface area contributed by atoms with Crippen molar-refractivity contribution in [2.24, 2.45) is 0 Å². The number of hydrogen-bond acceptors (Lipinski definition) is 3. The largest absolute Gasteiger partial charge is 0.512 e. The van der Waals surface area contributed by atoms with E-state index in [1.54, 1.807) is 0 Å². The van der Waals surface area contributed by atoms with Crippen LogP contribution in [0.1, 0.15) is 13.3 Å². The zero-order valence-electron chi connectivity index (χ0n) is 6.27. The van der Waals surface area contributed by atoms with Crippen molar-refractivity contribution in [1.82, 2.24) is 5.32 Å². The van der Waals surface area contributed by atoms with Crippen molar-refractivity contribution in [3.8, 4) is 0 Å². The van der Waals surface area contributed by atoms with E-state index in [-0.39, 0.29) is 23.0 Å². The highest BCUT2D eigenvalue weighted by Gasteiger charge is 2.21. The summed E-state index contributed by atoms with van der Waals surface area (Å²) in [6, 6.07) is 0. The van der Waals surface area contributed by atoms with Gasteiger partial charge in [0.1, 0.15) is 5.76 Å². The van der Waals surface area contributed by atoms with Crippen LogP contribution in [0.3, 0.4) is 0 Å². The molecule has 60 valence electrons. The molecule has 0 saturated carbocycles. The quantitative estimate of drug-likeness (QED) is 0.348. The molecule has 0 aromatic carbocycles. The summed E-state index contributed by atoms with van der Waals surface area (Å²) in [7, 11) is 0. The summed E-state index contributed by atoms with van der Waals surface area (Å²) in [5, 5.41) is 18.9. The van der Waals surface area contributed by atoms with Gasteiger partial charge < -0.3 is 15.8 Å². The maximum absolute atomic E-state index is 11.0. The molecule has 1 heterocycles. The number of rotatable bonds is 0. The number of carbonyl (C=O) groups is 1. The van der Waals surface area contributed by atoms with Gasteiger partial charge in [0.25, 0.3) is 5.91 Å². The fourth-order valence-corrected chi connectivity index (χ4v) is 1.03. The number of aliphatic hydroxyl groups excluding tert-OH is 1. The van der Waals surface area contributed by atoms with E-state index in [1.807, 2.05) is 0 Å². The number of piperidine rings is 1. The standard InChI is InChI=1S/C7H10N2O2/c1-4(10)6-5(8)2-3-9-7(6)11/h8,10H,2-3H2,1H3,(H,9,11)/b6-4+,8-5?. The van der Waals surface area contributed by atoms with Gasteiger partial charge >= 0.3 is 0 Å². The molecule has 0 aromatic rings. The highest BCUT2D eigenvalue weighted by molar-refractivity contribution is 6.22. The summed E-state index contributed by atoms with van der Waals surface area (Å²) < 4.78 is 0. The molecule has 0 aliphatic carbocycles. The Morgan fingerprint density at radius 3 is 2.73 bits per heavy atom. The lowest BCUT2D eigenvalue weighted by atomic mass is 10.0. The van der Waals surface area contributed by atoms with Crippen molar-refractivity contribution >= 4 is 11.6 Å². The van der Waals surface area contributed by atoms with Gasteiger partial charge in [-0.1, -0.05) is 0 Å². The highest BCUT2D eigenvalue weighted by atomic mass is 16.3. The lowest BCUT2D eigenvalue weighted by Crippen LogP contribution is -2.36. The maximum Gasteiger partial charge on any atom is 0.256 e. The van der Waals surface area contributed by atoms with Gasteiger partial charge in [-0.05, 0) is 6.92 Å². The predicted octanol–water partition coefficient (Wildman–Crippen LogP) is 0.358.